The zero-order chi connectivity index (χ0) is 16.0. The molecule has 0 amide bonds. The maximum Gasteiger partial charge on any atom is 0.0426 e. The van der Waals surface area contributed by atoms with Crippen LogP contribution in [0.15, 0.2) is 18.2 Å². The Kier molecular flexibility index (Phi) is 7.55. The molecule has 3 heteroatoms. The summed E-state index contributed by atoms with van der Waals surface area (Å²) in [7, 11) is 0. The van der Waals surface area contributed by atoms with Crippen LogP contribution in [0.2, 0.25) is 5.02 Å². The van der Waals surface area contributed by atoms with E-state index in [0.29, 0.717) is 11.8 Å². The molecule has 120 valence electrons. The summed E-state index contributed by atoms with van der Waals surface area (Å²) in [5.41, 5.74) is 8.74. The Morgan fingerprint density at radius 3 is 2.14 bits per heavy atom. The van der Waals surface area contributed by atoms with Crippen molar-refractivity contribution in [1.82, 2.24) is 0 Å². The van der Waals surface area contributed by atoms with Crippen LogP contribution in [-0.4, -0.2) is 19.1 Å². The van der Waals surface area contributed by atoms with Gasteiger partial charge in [-0.15, -0.1) is 0 Å². The molecule has 0 aromatic heterocycles. The van der Waals surface area contributed by atoms with Crippen LogP contribution in [0.3, 0.4) is 0 Å². The first-order valence-electron chi connectivity index (χ1n) is 8.12. The van der Waals surface area contributed by atoms with Crippen LogP contribution in [-0.2, 0) is 6.42 Å². The van der Waals surface area contributed by atoms with Crippen LogP contribution in [0.4, 0.5) is 5.69 Å². The first-order chi connectivity index (χ1) is 9.83. The lowest BCUT2D eigenvalue weighted by Gasteiger charge is -2.31. The highest BCUT2D eigenvalue weighted by atomic mass is 35.5. The van der Waals surface area contributed by atoms with E-state index in [0.717, 1.165) is 31.0 Å². The summed E-state index contributed by atoms with van der Waals surface area (Å²) in [6.45, 7) is 13.3. The summed E-state index contributed by atoms with van der Waals surface area (Å²) in [4.78, 5) is 2.47. The number of hydrogen-bond acceptors (Lipinski definition) is 2. The molecule has 21 heavy (non-hydrogen) atoms. The lowest BCUT2D eigenvalue weighted by molar-refractivity contribution is 0.549. The molecular weight excluding hydrogens is 280 g/mol. The first-order valence-corrected chi connectivity index (χ1v) is 8.50. The average molecular weight is 311 g/mol. The number of nitrogens with two attached hydrogens (primary N) is 1. The lowest BCUT2D eigenvalue weighted by atomic mass is 10.0. The monoisotopic (exact) mass is 310 g/mol. The topological polar surface area (TPSA) is 29.3 Å². The number of halogens is 1. The second-order valence-corrected chi connectivity index (χ2v) is 7.27. The lowest BCUT2D eigenvalue weighted by Crippen LogP contribution is -2.33. The molecule has 0 fully saturated rings. The summed E-state index contributed by atoms with van der Waals surface area (Å²) in [6, 6.07) is 6.43. The quantitative estimate of drug-likeness (QED) is 0.751. The standard InChI is InChI=1S/C18H31ClN2/c1-6-17(20)9-15-7-8-16(19)10-18(15)21(11-13(2)3)12-14(4)5/h7-8,10,13-14,17H,6,9,11-12,20H2,1-5H3. The molecule has 0 radical (unpaired) electrons. The maximum atomic E-state index is 6.25. The van der Waals surface area contributed by atoms with E-state index in [1.165, 1.54) is 11.3 Å². The summed E-state index contributed by atoms with van der Waals surface area (Å²) in [5, 5.41) is 0.802. The van der Waals surface area contributed by atoms with Crippen molar-refractivity contribution in [3.05, 3.63) is 28.8 Å². The molecule has 1 unspecified atom stereocenters. The molecule has 0 aliphatic carbocycles. The minimum Gasteiger partial charge on any atom is -0.371 e. The SMILES string of the molecule is CCC(N)Cc1ccc(Cl)cc1N(CC(C)C)CC(C)C. The fourth-order valence-electron chi connectivity index (χ4n) is 2.58. The van der Waals surface area contributed by atoms with Crippen molar-refractivity contribution in [3.63, 3.8) is 0 Å². The Labute approximate surface area is 135 Å². The molecule has 1 aromatic rings. The van der Waals surface area contributed by atoms with Gasteiger partial charge >= 0.3 is 0 Å². The summed E-state index contributed by atoms with van der Waals surface area (Å²) < 4.78 is 0. The first kappa shape index (κ1) is 18.3. The van der Waals surface area contributed by atoms with Gasteiger partial charge in [0.15, 0.2) is 0 Å². The van der Waals surface area contributed by atoms with Gasteiger partial charge in [-0.25, -0.2) is 0 Å². The minimum atomic E-state index is 0.213. The Morgan fingerprint density at radius 1 is 1.10 bits per heavy atom. The van der Waals surface area contributed by atoms with Crippen LogP contribution in [0, 0.1) is 11.8 Å². The molecular formula is C18H31ClN2. The van der Waals surface area contributed by atoms with Gasteiger partial charge in [-0.2, -0.15) is 0 Å². The van der Waals surface area contributed by atoms with Gasteiger partial charge in [-0.05, 0) is 42.4 Å². The number of nitrogens with zero attached hydrogens (tertiary/aromatic N) is 1. The van der Waals surface area contributed by atoms with Crippen LogP contribution >= 0.6 is 11.6 Å². The molecule has 0 aliphatic heterocycles. The maximum absolute atomic E-state index is 6.25. The van der Waals surface area contributed by atoms with Crippen LogP contribution in [0.1, 0.15) is 46.6 Å². The van der Waals surface area contributed by atoms with Gasteiger partial charge in [0, 0.05) is 29.8 Å². The van der Waals surface area contributed by atoms with Gasteiger partial charge in [0.1, 0.15) is 0 Å². The Balaban J connectivity index is 3.10. The van der Waals surface area contributed by atoms with E-state index in [-0.39, 0.29) is 6.04 Å². The number of anilines is 1. The highest BCUT2D eigenvalue weighted by Crippen LogP contribution is 2.28. The van der Waals surface area contributed by atoms with Gasteiger partial charge < -0.3 is 10.6 Å². The highest BCUT2D eigenvalue weighted by molar-refractivity contribution is 6.30. The van der Waals surface area contributed by atoms with E-state index in [1.807, 2.05) is 6.07 Å². The van der Waals surface area contributed by atoms with Gasteiger partial charge in [0.05, 0.1) is 0 Å². The average Bonchev–Trinajstić information content (AvgIpc) is 2.38. The largest absolute Gasteiger partial charge is 0.371 e. The van der Waals surface area contributed by atoms with Crippen LogP contribution < -0.4 is 10.6 Å². The predicted octanol–water partition coefficient (Wildman–Crippen LogP) is 4.74. The van der Waals surface area contributed by atoms with Crippen molar-refractivity contribution in [3.8, 4) is 0 Å². The molecule has 0 saturated heterocycles. The molecule has 0 aliphatic rings. The summed E-state index contributed by atoms with van der Waals surface area (Å²) >= 11 is 6.25. The third-order valence-corrected chi connectivity index (χ3v) is 3.80. The number of benzene rings is 1. The Morgan fingerprint density at radius 2 is 1.67 bits per heavy atom. The van der Waals surface area contributed by atoms with Crippen molar-refractivity contribution in [2.75, 3.05) is 18.0 Å². The normalized spacial score (nSPS) is 13.0. The van der Waals surface area contributed by atoms with E-state index in [9.17, 15) is 0 Å². The minimum absolute atomic E-state index is 0.213. The van der Waals surface area contributed by atoms with Crippen molar-refractivity contribution in [2.24, 2.45) is 17.6 Å². The fourth-order valence-corrected chi connectivity index (χ4v) is 2.75. The molecule has 0 heterocycles. The van der Waals surface area contributed by atoms with Crippen molar-refractivity contribution in [2.45, 2.75) is 53.5 Å². The molecule has 1 aromatic carbocycles. The third-order valence-electron chi connectivity index (χ3n) is 3.57. The summed E-state index contributed by atoms with van der Waals surface area (Å²) in [6.07, 6.45) is 1.91. The molecule has 2 nitrogen and oxygen atoms in total. The van der Waals surface area contributed by atoms with Crippen molar-refractivity contribution in [1.29, 1.82) is 0 Å². The van der Waals surface area contributed by atoms with E-state index < -0.39 is 0 Å². The Bertz CT molecular complexity index is 419. The van der Waals surface area contributed by atoms with Crippen molar-refractivity contribution < 1.29 is 0 Å². The van der Waals surface area contributed by atoms with E-state index in [1.54, 1.807) is 0 Å². The Hall–Kier alpha value is -0.730. The molecule has 2 N–H and O–H groups in total. The van der Waals surface area contributed by atoms with Gasteiger partial charge in [0.2, 0.25) is 0 Å². The molecule has 1 rings (SSSR count). The number of hydrogen-bond donors (Lipinski definition) is 1. The van der Waals surface area contributed by atoms with E-state index >= 15 is 0 Å². The van der Waals surface area contributed by atoms with Gasteiger partial charge in [0.25, 0.3) is 0 Å². The second kappa shape index (κ2) is 8.65. The molecule has 0 saturated carbocycles. The van der Waals surface area contributed by atoms with Crippen LogP contribution in [0.5, 0.6) is 0 Å². The molecule has 0 spiro atoms. The number of rotatable bonds is 8. The summed E-state index contributed by atoms with van der Waals surface area (Å²) in [5.74, 6) is 1.24. The second-order valence-electron chi connectivity index (χ2n) is 6.84. The van der Waals surface area contributed by atoms with Gasteiger partial charge in [-0.1, -0.05) is 52.3 Å². The molecule has 1 atom stereocenters. The zero-order valence-corrected chi connectivity index (χ0v) is 15.0. The zero-order valence-electron chi connectivity index (χ0n) is 14.2. The molecule has 0 bridgehead atoms. The van der Waals surface area contributed by atoms with Crippen LogP contribution in [0.25, 0.3) is 0 Å². The smallest absolute Gasteiger partial charge is 0.0426 e. The van der Waals surface area contributed by atoms with Crippen molar-refractivity contribution >= 4 is 17.3 Å². The highest BCUT2D eigenvalue weighted by Gasteiger charge is 2.16. The van der Waals surface area contributed by atoms with E-state index in [4.69, 9.17) is 17.3 Å². The predicted molar refractivity (Wildman–Crippen MR) is 95.3 cm³/mol. The fraction of sp³-hybridized carbons (Fsp3) is 0.667. The third kappa shape index (κ3) is 6.27. The van der Waals surface area contributed by atoms with Gasteiger partial charge in [-0.3, -0.25) is 0 Å². The van der Waals surface area contributed by atoms with E-state index in [2.05, 4.69) is 51.7 Å².